The van der Waals surface area contributed by atoms with E-state index in [2.05, 4.69) is 69.2 Å². The molecule has 116 valence electrons. The summed E-state index contributed by atoms with van der Waals surface area (Å²) in [6.07, 6.45) is 1.07. The van der Waals surface area contributed by atoms with Crippen LogP contribution in [0.4, 0.5) is 0 Å². The molecular formula is C17H36O2. The molecule has 0 aliphatic heterocycles. The van der Waals surface area contributed by atoms with Crippen LogP contribution in [0.1, 0.15) is 75.7 Å². The average molecular weight is 272 g/mol. The van der Waals surface area contributed by atoms with Crippen molar-refractivity contribution in [3.63, 3.8) is 0 Å². The van der Waals surface area contributed by atoms with Gasteiger partial charge in [0, 0.05) is 13.5 Å². The highest BCUT2D eigenvalue weighted by atomic mass is 16.5. The van der Waals surface area contributed by atoms with Crippen molar-refractivity contribution < 1.29 is 9.47 Å². The molecule has 2 heteroatoms. The maximum absolute atomic E-state index is 6.39. The summed E-state index contributed by atoms with van der Waals surface area (Å²) in [5.74, 6) is 0. The summed E-state index contributed by atoms with van der Waals surface area (Å²) in [7, 11) is 1.76. The molecule has 0 N–H and O–H groups in total. The van der Waals surface area contributed by atoms with Crippen molar-refractivity contribution in [2.75, 3.05) is 7.11 Å². The highest BCUT2D eigenvalue weighted by molar-refractivity contribution is 4.96. The number of rotatable bonds is 6. The second-order valence-corrected chi connectivity index (χ2v) is 8.48. The fourth-order valence-corrected chi connectivity index (χ4v) is 2.37. The van der Waals surface area contributed by atoms with Crippen molar-refractivity contribution in [2.24, 2.45) is 10.8 Å². The minimum absolute atomic E-state index is 0.0749. The first kappa shape index (κ1) is 18.9. The van der Waals surface area contributed by atoms with Gasteiger partial charge in [-0.2, -0.15) is 0 Å². The lowest BCUT2D eigenvalue weighted by atomic mass is 9.61. The molecule has 0 saturated heterocycles. The largest absolute Gasteiger partial charge is 0.379 e. The van der Waals surface area contributed by atoms with E-state index in [1.54, 1.807) is 7.11 Å². The van der Waals surface area contributed by atoms with Gasteiger partial charge in [-0.05, 0) is 45.4 Å². The molecule has 0 bridgehead atoms. The van der Waals surface area contributed by atoms with E-state index in [-0.39, 0.29) is 28.1 Å². The zero-order valence-electron chi connectivity index (χ0n) is 15.1. The van der Waals surface area contributed by atoms with E-state index in [1.807, 2.05) is 0 Å². The van der Waals surface area contributed by atoms with Gasteiger partial charge in [-0.15, -0.1) is 0 Å². The monoisotopic (exact) mass is 272 g/mol. The molecule has 0 aromatic heterocycles. The minimum Gasteiger partial charge on any atom is -0.379 e. The Balaban J connectivity index is 4.88. The Bertz CT molecular complexity index is 282. The molecule has 0 fully saturated rings. The third-order valence-electron chi connectivity index (χ3n) is 5.21. The van der Waals surface area contributed by atoms with Crippen LogP contribution in [0.25, 0.3) is 0 Å². The highest BCUT2D eigenvalue weighted by Crippen LogP contribution is 2.48. The predicted molar refractivity (Wildman–Crippen MR) is 83.6 cm³/mol. The topological polar surface area (TPSA) is 18.5 Å². The lowest BCUT2D eigenvalue weighted by Gasteiger charge is -2.51. The Hall–Kier alpha value is -0.0800. The van der Waals surface area contributed by atoms with E-state index < -0.39 is 0 Å². The molecule has 1 unspecified atom stereocenters. The molecule has 2 nitrogen and oxygen atoms in total. The van der Waals surface area contributed by atoms with Crippen LogP contribution in [-0.2, 0) is 9.47 Å². The zero-order valence-corrected chi connectivity index (χ0v) is 15.1. The van der Waals surface area contributed by atoms with Gasteiger partial charge in [-0.3, -0.25) is 0 Å². The predicted octanol–water partition coefficient (Wildman–Crippen LogP) is 5.06. The quantitative estimate of drug-likeness (QED) is 0.673. The van der Waals surface area contributed by atoms with Crippen molar-refractivity contribution in [1.82, 2.24) is 0 Å². The van der Waals surface area contributed by atoms with Crippen molar-refractivity contribution in [1.29, 1.82) is 0 Å². The Kier molecular flexibility index (Phi) is 5.71. The molecule has 0 spiro atoms. The molecule has 0 saturated carbocycles. The van der Waals surface area contributed by atoms with Gasteiger partial charge in [0.25, 0.3) is 0 Å². The van der Waals surface area contributed by atoms with Crippen LogP contribution in [0.5, 0.6) is 0 Å². The Morgan fingerprint density at radius 2 is 1.26 bits per heavy atom. The first-order chi connectivity index (χ1) is 8.16. The van der Waals surface area contributed by atoms with Crippen molar-refractivity contribution in [3.05, 3.63) is 0 Å². The Morgan fingerprint density at radius 3 is 1.58 bits per heavy atom. The van der Waals surface area contributed by atoms with Crippen molar-refractivity contribution >= 4 is 0 Å². The van der Waals surface area contributed by atoms with Gasteiger partial charge in [-0.1, -0.05) is 34.6 Å². The fraction of sp³-hybridized carbons (Fsp3) is 1.00. The summed E-state index contributed by atoms with van der Waals surface area (Å²) in [4.78, 5) is 0. The van der Waals surface area contributed by atoms with Crippen LogP contribution in [-0.4, -0.2) is 24.4 Å². The second kappa shape index (κ2) is 5.73. The van der Waals surface area contributed by atoms with Gasteiger partial charge in [-0.25, -0.2) is 0 Å². The number of hydrogen-bond acceptors (Lipinski definition) is 2. The fourth-order valence-electron chi connectivity index (χ4n) is 2.37. The SMILES string of the molecule is COC(C)(C)CC(C)OC(C)(C)C(C)(C)C(C)(C)C. The molecular weight excluding hydrogens is 236 g/mol. The molecule has 0 aliphatic carbocycles. The molecule has 0 amide bonds. The zero-order chi connectivity index (χ0) is 15.7. The maximum atomic E-state index is 6.39. The summed E-state index contributed by atoms with van der Waals surface area (Å²) in [6.45, 7) is 22.2. The van der Waals surface area contributed by atoms with Gasteiger partial charge in [0.1, 0.15) is 0 Å². The Labute approximate surface area is 121 Å². The summed E-state index contributed by atoms with van der Waals surface area (Å²) in [5, 5.41) is 0. The first-order valence-corrected chi connectivity index (χ1v) is 7.39. The van der Waals surface area contributed by atoms with Crippen LogP contribution in [0, 0.1) is 10.8 Å². The molecule has 0 aromatic carbocycles. The molecule has 0 radical (unpaired) electrons. The summed E-state index contributed by atoms with van der Waals surface area (Å²) >= 11 is 0. The van der Waals surface area contributed by atoms with Gasteiger partial charge in [0.2, 0.25) is 0 Å². The molecule has 19 heavy (non-hydrogen) atoms. The van der Waals surface area contributed by atoms with Crippen LogP contribution in [0.15, 0.2) is 0 Å². The summed E-state index contributed by atoms with van der Waals surface area (Å²) < 4.78 is 11.9. The first-order valence-electron chi connectivity index (χ1n) is 7.39. The van der Waals surface area contributed by atoms with E-state index in [0.717, 1.165) is 6.42 Å². The van der Waals surface area contributed by atoms with Gasteiger partial charge in [0.05, 0.1) is 17.3 Å². The standard InChI is InChI=1S/C17H36O2/c1-13(12-15(5,6)18-11)19-17(9,10)16(7,8)14(2,3)4/h13H,12H2,1-11H3. The van der Waals surface area contributed by atoms with Gasteiger partial charge in [0.15, 0.2) is 0 Å². The molecule has 0 rings (SSSR count). The number of hydrogen-bond donors (Lipinski definition) is 0. The van der Waals surface area contributed by atoms with E-state index in [0.29, 0.717) is 0 Å². The number of methoxy groups -OCH3 is 1. The normalized spacial score (nSPS) is 16.6. The smallest absolute Gasteiger partial charge is 0.0685 e. The molecule has 0 aromatic rings. The van der Waals surface area contributed by atoms with Gasteiger partial charge < -0.3 is 9.47 Å². The molecule has 1 atom stereocenters. The lowest BCUT2D eigenvalue weighted by Crippen LogP contribution is -2.51. The third-order valence-corrected chi connectivity index (χ3v) is 5.21. The average Bonchev–Trinajstić information content (AvgIpc) is 2.13. The second-order valence-electron chi connectivity index (χ2n) is 8.48. The maximum Gasteiger partial charge on any atom is 0.0685 e. The van der Waals surface area contributed by atoms with E-state index in [4.69, 9.17) is 9.47 Å². The van der Waals surface area contributed by atoms with E-state index >= 15 is 0 Å². The third kappa shape index (κ3) is 4.75. The van der Waals surface area contributed by atoms with Crippen molar-refractivity contribution in [2.45, 2.75) is 93.0 Å². The van der Waals surface area contributed by atoms with Crippen molar-refractivity contribution in [3.8, 4) is 0 Å². The van der Waals surface area contributed by atoms with Crippen LogP contribution < -0.4 is 0 Å². The van der Waals surface area contributed by atoms with E-state index in [9.17, 15) is 0 Å². The minimum atomic E-state index is -0.186. The van der Waals surface area contributed by atoms with Crippen LogP contribution >= 0.6 is 0 Å². The van der Waals surface area contributed by atoms with Crippen LogP contribution in [0.3, 0.4) is 0 Å². The summed E-state index contributed by atoms with van der Waals surface area (Å²) in [5.41, 5.74) is -0.0612. The Morgan fingerprint density at radius 1 is 0.842 bits per heavy atom. The van der Waals surface area contributed by atoms with E-state index in [1.165, 1.54) is 0 Å². The summed E-state index contributed by atoms with van der Waals surface area (Å²) in [6, 6.07) is 0. The highest BCUT2D eigenvalue weighted by Gasteiger charge is 2.47. The van der Waals surface area contributed by atoms with Crippen LogP contribution in [0.2, 0.25) is 0 Å². The lowest BCUT2D eigenvalue weighted by molar-refractivity contribution is -0.176. The van der Waals surface area contributed by atoms with Gasteiger partial charge >= 0.3 is 0 Å². The number of ether oxygens (including phenoxy) is 2. The molecule has 0 aliphatic rings. The molecule has 0 heterocycles.